The van der Waals surface area contributed by atoms with E-state index in [2.05, 4.69) is 70.6 Å². The van der Waals surface area contributed by atoms with Crippen molar-refractivity contribution in [3.8, 4) is 0 Å². The van der Waals surface area contributed by atoms with Gasteiger partial charge in [-0.25, -0.2) is 4.79 Å². The van der Waals surface area contributed by atoms with Crippen LogP contribution in [0.5, 0.6) is 0 Å². The van der Waals surface area contributed by atoms with E-state index >= 15 is 0 Å². The van der Waals surface area contributed by atoms with Gasteiger partial charge in [0, 0.05) is 0 Å². The first-order valence-electron chi connectivity index (χ1n) is 8.08. The van der Waals surface area contributed by atoms with Crippen LogP contribution in [-0.4, -0.2) is 37.5 Å². The van der Waals surface area contributed by atoms with Crippen LogP contribution in [-0.2, 0) is 4.79 Å². The molecule has 0 spiro atoms. The fourth-order valence-electron chi connectivity index (χ4n) is 2.06. The van der Waals surface area contributed by atoms with Gasteiger partial charge in [0.1, 0.15) is 6.29 Å². The van der Waals surface area contributed by atoms with Gasteiger partial charge < -0.3 is 15.4 Å². The van der Waals surface area contributed by atoms with Crippen molar-refractivity contribution in [2.45, 2.75) is 32.2 Å². The minimum Gasteiger partial charge on any atom is -0.336 e. The monoisotopic (exact) mass is 700 g/mol. The van der Waals surface area contributed by atoms with Gasteiger partial charge in [-0.05, 0) is 6.92 Å². The molecule has 26 heavy (non-hydrogen) atoms. The predicted molar refractivity (Wildman–Crippen MR) is 130 cm³/mol. The molecule has 0 radical (unpaired) electrons. The maximum atomic E-state index is 11.9. The normalized spacial score (nSPS) is 11.9. The third kappa shape index (κ3) is 10.7. The van der Waals surface area contributed by atoms with Gasteiger partial charge in [-0.3, -0.25) is 0 Å². The van der Waals surface area contributed by atoms with Crippen molar-refractivity contribution >= 4 is 73.1 Å². The largest absolute Gasteiger partial charge is 0.336 e. The topological polar surface area (TPSA) is 99.3 Å². The molecule has 4 N–H and O–H groups in total. The van der Waals surface area contributed by atoms with Crippen LogP contribution in [0.4, 0.5) is 15.3 Å². The van der Waals surface area contributed by atoms with E-state index in [9.17, 15) is 14.4 Å². The zero-order valence-electron chi connectivity index (χ0n) is 14.4. The van der Waals surface area contributed by atoms with Gasteiger partial charge >= 0.3 is 142 Å². The standard InChI is InChI=1S/C16H23I3N4O3/c1-12(22-15(25)21-10-11-24)4-2-3-9-20-16(26)23-14-7-5-13(6-8-14)19(17)18/h5-8,11-12H,2-4,9-10H2,1H3,(H2,20,23,26)(H2,21,22,25)/t12-/m1/s1. The number of urea groups is 2. The van der Waals surface area contributed by atoms with Crippen LogP contribution in [0.15, 0.2) is 24.3 Å². The molecule has 1 atom stereocenters. The molecule has 1 aromatic carbocycles. The van der Waals surface area contributed by atoms with Crippen LogP contribution in [0.1, 0.15) is 26.2 Å². The Kier molecular flexibility index (Phi) is 12.5. The van der Waals surface area contributed by atoms with Crippen LogP contribution in [0.2, 0.25) is 0 Å². The second-order valence-corrected chi connectivity index (χ2v) is 29.3. The summed E-state index contributed by atoms with van der Waals surface area (Å²) in [6.45, 7) is 2.49. The number of hydrogen-bond donors (Lipinski definition) is 4. The van der Waals surface area contributed by atoms with Gasteiger partial charge in [-0.1, -0.05) is 0 Å². The van der Waals surface area contributed by atoms with Crippen LogP contribution in [0.3, 0.4) is 0 Å². The van der Waals surface area contributed by atoms with Crippen molar-refractivity contribution in [1.82, 2.24) is 16.0 Å². The first-order valence-corrected chi connectivity index (χ1v) is 21.7. The molecular formula is C16H23I3N4O3. The number of hydrogen-bond acceptors (Lipinski definition) is 3. The number of carbonyl (C=O) groups excluding carboxylic acids is 3. The Hall–Kier alpha value is -0.380. The zero-order valence-corrected chi connectivity index (χ0v) is 20.8. The molecule has 146 valence electrons. The van der Waals surface area contributed by atoms with E-state index in [-0.39, 0.29) is 24.6 Å². The van der Waals surface area contributed by atoms with E-state index in [0.29, 0.717) is 12.8 Å². The van der Waals surface area contributed by atoms with E-state index in [1.165, 1.54) is 3.57 Å². The van der Waals surface area contributed by atoms with Crippen molar-refractivity contribution in [3.05, 3.63) is 27.8 Å². The Morgan fingerprint density at radius 3 is 2.42 bits per heavy atom. The second-order valence-electron chi connectivity index (χ2n) is 5.50. The summed E-state index contributed by atoms with van der Waals surface area (Å²) in [5, 5.41) is 10.8. The molecule has 7 nitrogen and oxygen atoms in total. The number of carbonyl (C=O) groups is 3. The summed E-state index contributed by atoms with van der Waals surface area (Å²) in [7, 11) is 0. The third-order valence-electron chi connectivity index (χ3n) is 3.34. The van der Waals surface area contributed by atoms with Crippen LogP contribution in [0, 0.1) is 3.57 Å². The maximum Gasteiger partial charge on any atom is 0.315 e. The average Bonchev–Trinajstić information content (AvgIpc) is 2.60. The third-order valence-corrected chi connectivity index (χ3v) is 11.3. The second kappa shape index (κ2) is 13.7. The van der Waals surface area contributed by atoms with Gasteiger partial charge in [0.15, 0.2) is 0 Å². The molecule has 0 fully saturated rings. The minimum atomic E-state index is -1.03. The van der Waals surface area contributed by atoms with E-state index in [0.717, 1.165) is 24.9 Å². The maximum absolute atomic E-state index is 11.9. The number of aldehydes is 1. The average molecular weight is 700 g/mol. The molecule has 4 amide bonds. The van der Waals surface area contributed by atoms with E-state index < -0.39 is 11.9 Å². The molecule has 0 aliphatic rings. The van der Waals surface area contributed by atoms with Gasteiger partial charge in [-0.2, -0.15) is 0 Å². The molecule has 0 heterocycles. The summed E-state index contributed by atoms with van der Waals surface area (Å²) in [6, 6.07) is 7.46. The Balaban J connectivity index is 2.14. The summed E-state index contributed by atoms with van der Waals surface area (Å²) in [4.78, 5) is 33.4. The van der Waals surface area contributed by atoms with Crippen LogP contribution in [0.25, 0.3) is 0 Å². The van der Waals surface area contributed by atoms with Crippen LogP contribution >= 0.6 is 49.1 Å². The summed E-state index contributed by atoms with van der Waals surface area (Å²) in [5.41, 5.74) is 0.788. The number of amides is 4. The molecule has 0 aliphatic heterocycles. The van der Waals surface area contributed by atoms with Crippen molar-refractivity contribution in [2.75, 3.05) is 18.4 Å². The molecule has 0 unspecified atom stereocenters. The Labute approximate surface area is 180 Å². The number of nitrogens with one attached hydrogen (secondary N) is 4. The minimum absolute atomic E-state index is 0.0117. The molecule has 0 saturated heterocycles. The molecule has 0 aromatic heterocycles. The number of benzene rings is 1. The quantitative estimate of drug-likeness (QED) is 0.167. The van der Waals surface area contributed by atoms with E-state index in [4.69, 9.17) is 0 Å². The van der Waals surface area contributed by atoms with Crippen molar-refractivity contribution in [1.29, 1.82) is 0 Å². The van der Waals surface area contributed by atoms with Gasteiger partial charge in [-0.15, -0.1) is 0 Å². The van der Waals surface area contributed by atoms with Crippen LogP contribution < -0.4 is 21.3 Å². The van der Waals surface area contributed by atoms with Crippen molar-refractivity contribution in [2.24, 2.45) is 0 Å². The number of unbranched alkanes of at least 4 members (excludes halogenated alkanes) is 1. The zero-order chi connectivity index (χ0) is 19.4. The summed E-state index contributed by atoms with van der Waals surface area (Å²) in [5.74, 6) is 0. The molecule has 0 saturated carbocycles. The SMILES string of the molecule is C[C@H](CCCCNC(=O)Nc1ccc(I(I)I)cc1)NC(=O)NCC=O. The van der Waals surface area contributed by atoms with Gasteiger partial charge in [0.2, 0.25) is 0 Å². The molecule has 0 aliphatic carbocycles. The molecule has 1 rings (SSSR count). The Bertz CT molecular complexity index is 585. The number of rotatable bonds is 10. The Morgan fingerprint density at radius 2 is 1.81 bits per heavy atom. The van der Waals surface area contributed by atoms with E-state index in [1.807, 2.05) is 19.1 Å². The predicted octanol–water partition coefficient (Wildman–Crippen LogP) is 4.24. The number of halogens is 3. The van der Waals surface area contributed by atoms with Gasteiger partial charge in [0.05, 0.1) is 6.54 Å². The first kappa shape index (κ1) is 23.7. The van der Waals surface area contributed by atoms with Crippen molar-refractivity contribution < 1.29 is 14.4 Å². The van der Waals surface area contributed by atoms with E-state index in [1.54, 1.807) is 0 Å². The molecule has 10 heteroatoms. The summed E-state index contributed by atoms with van der Waals surface area (Å²) < 4.78 is 1.36. The summed E-state index contributed by atoms with van der Waals surface area (Å²) in [6.07, 6.45) is 3.15. The summed E-state index contributed by atoms with van der Waals surface area (Å²) >= 11 is 3.95. The number of anilines is 1. The molecular weight excluding hydrogens is 677 g/mol. The fourth-order valence-corrected chi connectivity index (χ4v) is 6.61. The smallest absolute Gasteiger partial charge is 0.315 e. The Morgan fingerprint density at radius 1 is 1.12 bits per heavy atom. The fraction of sp³-hybridized carbons (Fsp3) is 0.438. The molecule has 0 bridgehead atoms. The molecule has 1 aromatic rings. The van der Waals surface area contributed by atoms with Crippen molar-refractivity contribution in [3.63, 3.8) is 0 Å². The van der Waals surface area contributed by atoms with Gasteiger partial charge in [0.25, 0.3) is 0 Å². The first-order chi connectivity index (χ1) is 12.4.